The van der Waals surface area contributed by atoms with Gasteiger partial charge in [-0.25, -0.2) is 0 Å². The predicted molar refractivity (Wildman–Crippen MR) is 92.8 cm³/mol. The van der Waals surface area contributed by atoms with Crippen LogP contribution in [0.4, 0.5) is 4.79 Å². The van der Waals surface area contributed by atoms with Crippen LogP contribution in [0.25, 0.3) is 0 Å². The van der Waals surface area contributed by atoms with Crippen molar-refractivity contribution in [2.24, 2.45) is 5.92 Å². The number of thioether (sulfide) groups is 1. The molecule has 0 bridgehead atoms. The lowest BCUT2D eigenvalue weighted by Gasteiger charge is -2.34. The maximum Gasteiger partial charge on any atom is 0.282 e. The molecule has 2 N–H and O–H groups in total. The van der Waals surface area contributed by atoms with Crippen molar-refractivity contribution < 1.29 is 14.4 Å². The van der Waals surface area contributed by atoms with E-state index in [2.05, 4.69) is 10.6 Å². The zero-order valence-electron chi connectivity index (χ0n) is 14.0. The molecule has 0 aromatic rings. The Kier molecular flexibility index (Phi) is 5.99. The molecule has 0 saturated carbocycles. The molecular formula is C16H26N4O3S. The van der Waals surface area contributed by atoms with Crippen molar-refractivity contribution >= 4 is 28.8 Å². The highest BCUT2D eigenvalue weighted by atomic mass is 32.2. The molecule has 2 atom stereocenters. The Bertz CT molecular complexity index is 496. The topological polar surface area (TPSA) is 81.8 Å². The maximum absolute atomic E-state index is 12.4. The summed E-state index contributed by atoms with van der Waals surface area (Å²) in [6.07, 6.45) is 3.94. The van der Waals surface area contributed by atoms with Crippen molar-refractivity contribution in [1.29, 1.82) is 0 Å². The molecule has 3 fully saturated rings. The van der Waals surface area contributed by atoms with Crippen LogP contribution in [0.15, 0.2) is 0 Å². The van der Waals surface area contributed by atoms with Gasteiger partial charge in [-0.05, 0) is 38.1 Å². The van der Waals surface area contributed by atoms with Gasteiger partial charge in [0.25, 0.3) is 5.24 Å². The summed E-state index contributed by atoms with van der Waals surface area (Å²) in [5, 5.41) is 6.23. The molecule has 2 unspecified atom stereocenters. The van der Waals surface area contributed by atoms with E-state index < -0.39 is 0 Å². The average molecular weight is 354 g/mol. The zero-order valence-corrected chi connectivity index (χ0v) is 14.8. The Morgan fingerprint density at radius 2 is 2.12 bits per heavy atom. The third-order valence-corrected chi connectivity index (χ3v) is 5.88. The Labute approximate surface area is 146 Å². The monoisotopic (exact) mass is 354 g/mol. The Hall–Kier alpha value is -1.28. The van der Waals surface area contributed by atoms with E-state index in [0.29, 0.717) is 25.6 Å². The van der Waals surface area contributed by atoms with Gasteiger partial charge in [-0.1, -0.05) is 11.8 Å². The fraction of sp³-hybridized carbons (Fsp3) is 0.812. The summed E-state index contributed by atoms with van der Waals surface area (Å²) in [7, 11) is 0. The highest BCUT2D eigenvalue weighted by Crippen LogP contribution is 2.19. The van der Waals surface area contributed by atoms with Crippen molar-refractivity contribution in [3.63, 3.8) is 0 Å². The molecule has 8 heteroatoms. The van der Waals surface area contributed by atoms with Crippen LogP contribution in [0.2, 0.25) is 0 Å². The summed E-state index contributed by atoms with van der Waals surface area (Å²) in [6, 6.07) is -0.0509. The lowest BCUT2D eigenvalue weighted by atomic mass is 9.97. The molecular weight excluding hydrogens is 328 g/mol. The third-order valence-electron chi connectivity index (χ3n) is 4.98. The molecule has 24 heavy (non-hydrogen) atoms. The largest absolute Gasteiger partial charge is 0.354 e. The summed E-state index contributed by atoms with van der Waals surface area (Å²) >= 11 is 1.28. The Morgan fingerprint density at radius 3 is 2.83 bits per heavy atom. The standard InChI is InChI=1S/C16H26N4O3S/c21-14(11-20-7-8-24-16(20)23)19-6-2-3-12(10-19)9-18-15(22)13-4-1-5-17-13/h12-13,17H,1-11H2,(H,18,22). The zero-order chi connectivity index (χ0) is 16.9. The van der Waals surface area contributed by atoms with Gasteiger partial charge in [0.2, 0.25) is 11.8 Å². The van der Waals surface area contributed by atoms with E-state index in [4.69, 9.17) is 0 Å². The molecule has 0 aromatic heterocycles. The molecule has 3 amide bonds. The first kappa shape index (κ1) is 17.5. The van der Waals surface area contributed by atoms with E-state index in [0.717, 1.165) is 44.5 Å². The number of piperidine rings is 1. The van der Waals surface area contributed by atoms with E-state index in [1.165, 1.54) is 11.8 Å². The molecule has 3 aliphatic heterocycles. The molecule has 3 aliphatic rings. The van der Waals surface area contributed by atoms with Crippen LogP contribution in [0, 0.1) is 5.92 Å². The summed E-state index contributed by atoms with van der Waals surface area (Å²) in [5.41, 5.74) is 0. The van der Waals surface area contributed by atoms with Gasteiger partial charge in [0.1, 0.15) is 6.54 Å². The van der Waals surface area contributed by atoms with E-state index >= 15 is 0 Å². The molecule has 7 nitrogen and oxygen atoms in total. The molecule has 0 spiro atoms. The molecule has 0 aromatic carbocycles. The first-order valence-corrected chi connectivity index (χ1v) is 9.82. The Morgan fingerprint density at radius 1 is 1.25 bits per heavy atom. The van der Waals surface area contributed by atoms with Crippen molar-refractivity contribution in [1.82, 2.24) is 20.4 Å². The van der Waals surface area contributed by atoms with E-state index in [1.54, 1.807) is 4.90 Å². The predicted octanol–water partition coefficient (Wildman–Crippen LogP) is 0.262. The number of likely N-dealkylation sites (tertiary alicyclic amines) is 1. The normalized spacial score (nSPS) is 27.6. The van der Waals surface area contributed by atoms with Crippen LogP contribution in [0.3, 0.4) is 0 Å². The minimum absolute atomic E-state index is 0.00763. The summed E-state index contributed by atoms with van der Waals surface area (Å²) < 4.78 is 0. The minimum Gasteiger partial charge on any atom is -0.354 e. The van der Waals surface area contributed by atoms with E-state index in [1.807, 2.05) is 4.90 Å². The van der Waals surface area contributed by atoms with Gasteiger partial charge >= 0.3 is 0 Å². The van der Waals surface area contributed by atoms with Gasteiger partial charge in [-0.3, -0.25) is 14.4 Å². The lowest BCUT2D eigenvalue weighted by Crippen LogP contribution is -2.48. The highest BCUT2D eigenvalue weighted by molar-refractivity contribution is 8.13. The first-order valence-electron chi connectivity index (χ1n) is 8.84. The second-order valence-corrected chi connectivity index (χ2v) is 7.82. The number of hydrogen-bond donors (Lipinski definition) is 2. The first-order chi connectivity index (χ1) is 11.6. The van der Waals surface area contributed by atoms with E-state index in [-0.39, 0.29) is 29.6 Å². The number of hydrogen-bond acceptors (Lipinski definition) is 5. The van der Waals surface area contributed by atoms with Gasteiger partial charge in [-0.15, -0.1) is 0 Å². The maximum atomic E-state index is 12.4. The molecule has 0 aliphatic carbocycles. The highest BCUT2D eigenvalue weighted by Gasteiger charge is 2.29. The number of nitrogens with zero attached hydrogens (tertiary/aromatic N) is 2. The number of nitrogens with one attached hydrogen (secondary N) is 2. The molecule has 3 saturated heterocycles. The van der Waals surface area contributed by atoms with Crippen molar-refractivity contribution in [3.8, 4) is 0 Å². The molecule has 3 heterocycles. The fourth-order valence-corrected chi connectivity index (χ4v) is 4.39. The fourth-order valence-electron chi connectivity index (χ4n) is 3.57. The van der Waals surface area contributed by atoms with Crippen LogP contribution in [0.5, 0.6) is 0 Å². The van der Waals surface area contributed by atoms with Crippen molar-refractivity contribution in [2.75, 3.05) is 45.0 Å². The second kappa shape index (κ2) is 8.20. The summed E-state index contributed by atoms with van der Waals surface area (Å²) in [5.74, 6) is 1.18. The average Bonchev–Trinajstić information content (AvgIpc) is 3.25. The van der Waals surface area contributed by atoms with Gasteiger partial charge in [0, 0.05) is 31.9 Å². The smallest absolute Gasteiger partial charge is 0.282 e. The number of carbonyl (C=O) groups excluding carboxylic acids is 3. The Balaban J connectivity index is 1.42. The van der Waals surface area contributed by atoms with E-state index in [9.17, 15) is 14.4 Å². The quantitative estimate of drug-likeness (QED) is 0.740. The number of amides is 3. The van der Waals surface area contributed by atoms with Crippen LogP contribution in [-0.4, -0.2) is 77.9 Å². The second-order valence-electron chi connectivity index (χ2n) is 6.78. The van der Waals surface area contributed by atoms with Crippen LogP contribution in [0.1, 0.15) is 25.7 Å². The number of carbonyl (C=O) groups is 3. The molecule has 0 radical (unpaired) electrons. The van der Waals surface area contributed by atoms with Gasteiger partial charge in [0.15, 0.2) is 0 Å². The molecule has 3 rings (SSSR count). The van der Waals surface area contributed by atoms with Crippen LogP contribution >= 0.6 is 11.8 Å². The lowest BCUT2D eigenvalue weighted by molar-refractivity contribution is -0.133. The summed E-state index contributed by atoms with van der Waals surface area (Å²) in [4.78, 5) is 39.6. The van der Waals surface area contributed by atoms with Gasteiger partial charge in [-0.2, -0.15) is 0 Å². The summed E-state index contributed by atoms with van der Waals surface area (Å²) in [6.45, 7) is 3.82. The van der Waals surface area contributed by atoms with Crippen molar-refractivity contribution in [2.45, 2.75) is 31.7 Å². The SMILES string of the molecule is O=C(NCC1CCCN(C(=O)CN2CCSC2=O)C1)C1CCCN1. The van der Waals surface area contributed by atoms with Crippen LogP contribution in [-0.2, 0) is 9.59 Å². The van der Waals surface area contributed by atoms with Gasteiger partial charge in [0.05, 0.1) is 6.04 Å². The minimum atomic E-state index is -0.0509. The van der Waals surface area contributed by atoms with Crippen molar-refractivity contribution in [3.05, 3.63) is 0 Å². The third kappa shape index (κ3) is 4.42. The van der Waals surface area contributed by atoms with Crippen LogP contribution < -0.4 is 10.6 Å². The number of rotatable bonds is 5. The van der Waals surface area contributed by atoms with Gasteiger partial charge < -0.3 is 20.4 Å². The molecule has 134 valence electrons.